The predicted octanol–water partition coefficient (Wildman–Crippen LogP) is 4.30. The van der Waals surface area contributed by atoms with Crippen molar-refractivity contribution in [2.75, 3.05) is 24.3 Å². The molecule has 0 saturated heterocycles. The molecule has 0 atom stereocenters. The van der Waals surface area contributed by atoms with Crippen LogP contribution < -0.4 is 10.2 Å². The fourth-order valence-electron chi connectivity index (χ4n) is 1.98. The first-order chi connectivity index (χ1) is 9.49. The number of benzene rings is 2. The molecule has 0 aliphatic rings. The molecular formula is C15H15ClF2N2. The van der Waals surface area contributed by atoms with Crippen LogP contribution >= 0.6 is 11.6 Å². The largest absolute Gasteiger partial charge is 0.379 e. The van der Waals surface area contributed by atoms with Crippen LogP contribution in [-0.2, 0) is 6.54 Å². The van der Waals surface area contributed by atoms with Gasteiger partial charge in [0.15, 0.2) is 0 Å². The first-order valence-electron chi connectivity index (χ1n) is 6.12. The van der Waals surface area contributed by atoms with Crippen molar-refractivity contribution in [3.05, 3.63) is 58.6 Å². The Morgan fingerprint density at radius 1 is 1.15 bits per heavy atom. The Bertz CT molecular complexity index is 615. The molecule has 1 N–H and O–H groups in total. The molecule has 0 aliphatic carbocycles. The summed E-state index contributed by atoms with van der Waals surface area (Å²) >= 11 is 6.15. The highest BCUT2D eigenvalue weighted by Crippen LogP contribution is 2.32. The standard InChI is InChI=1S/C15H15ClF2N2/c1-20(2)15-12(16)4-3-5-14(15)19-9-10-8-11(17)6-7-13(10)18/h3-8,19H,9H2,1-2H3. The molecule has 2 aromatic rings. The zero-order chi connectivity index (χ0) is 14.7. The number of para-hydroxylation sites is 1. The summed E-state index contributed by atoms with van der Waals surface area (Å²) in [6, 6.07) is 8.84. The van der Waals surface area contributed by atoms with Crippen molar-refractivity contribution >= 4 is 23.0 Å². The molecule has 2 nitrogen and oxygen atoms in total. The SMILES string of the molecule is CN(C)c1c(Cl)cccc1NCc1cc(F)ccc1F. The van der Waals surface area contributed by atoms with E-state index in [1.165, 1.54) is 6.07 Å². The second-order valence-corrected chi connectivity index (χ2v) is 5.03. The number of halogens is 3. The highest BCUT2D eigenvalue weighted by Gasteiger charge is 2.10. The van der Waals surface area contributed by atoms with Crippen LogP contribution in [0.25, 0.3) is 0 Å². The van der Waals surface area contributed by atoms with E-state index in [9.17, 15) is 8.78 Å². The molecule has 20 heavy (non-hydrogen) atoms. The first kappa shape index (κ1) is 14.6. The van der Waals surface area contributed by atoms with Gasteiger partial charge in [0.2, 0.25) is 0 Å². The van der Waals surface area contributed by atoms with E-state index in [-0.39, 0.29) is 12.1 Å². The Labute approximate surface area is 122 Å². The molecule has 0 bridgehead atoms. The Kier molecular flexibility index (Phi) is 4.45. The van der Waals surface area contributed by atoms with Gasteiger partial charge in [0.1, 0.15) is 11.6 Å². The topological polar surface area (TPSA) is 15.3 Å². The van der Waals surface area contributed by atoms with Gasteiger partial charge in [-0.05, 0) is 30.3 Å². The molecule has 0 aliphatic heterocycles. The van der Waals surface area contributed by atoms with E-state index in [2.05, 4.69) is 5.32 Å². The van der Waals surface area contributed by atoms with Crippen molar-refractivity contribution in [3.63, 3.8) is 0 Å². The van der Waals surface area contributed by atoms with Crippen LogP contribution in [0.2, 0.25) is 5.02 Å². The van der Waals surface area contributed by atoms with E-state index in [1.54, 1.807) is 12.1 Å². The highest BCUT2D eigenvalue weighted by atomic mass is 35.5. The maximum atomic E-state index is 13.6. The van der Waals surface area contributed by atoms with E-state index < -0.39 is 11.6 Å². The van der Waals surface area contributed by atoms with Gasteiger partial charge in [-0.15, -0.1) is 0 Å². The van der Waals surface area contributed by atoms with E-state index in [0.717, 1.165) is 23.5 Å². The van der Waals surface area contributed by atoms with Gasteiger partial charge in [-0.3, -0.25) is 0 Å². The molecule has 0 unspecified atom stereocenters. The summed E-state index contributed by atoms with van der Waals surface area (Å²) in [4.78, 5) is 1.87. The minimum Gasteiger partial charge on any atom is -0.379 e. The van der Waals surface area contributed by atoms with Gasteiger partial charge in [-0.1, -0.05) is 17.7 Å². The lowest BCUT2D eigenvalue weighted by atomic mass is 10.2. The maximum Gasteiger partial charge on any atom is 0.128 e. The van der Waals surface area contributed by atoms with E-state index in [0.29, 0.717) is 5.02 Å². The van der Waals surface area contributed by atoms with Gasteiger partial charge in [0, 0.05) is 26.2 Å². The summed E-state index contributed by atoms with van der Waals surface area (Å²) in [6.07, 6.45) is 0. The smallest absolute Gasteiger partial charge is 0.128 e. The van der Waals surface area contributed by atoms with Crippen LogP contribution in [0.3, 0.4) is 0 Å². The zero-order valence-electron chi connectivity index (χ0n) is 11.3. The van der Waals surface area contributed by atoms with Crippen LogP contribution in [0.15, 0.2) is 36.4 Å². The third-order valence-electron chi connectivity index (χ3n) is 2.91. The number of hydrogen-bond donors (Lipinski definition) is 1. The number of hydrogen-bond acceptors (Lipinski definition) is 2. The van der Waals surface area contributed by atoms with Crippen molar-refractivity contribution in [2.24, 2.45) is 0 Å². The van der Waals surface area contributed by atoms with Gasteiger partial charge in [0.05, 0.1) is 16.4 Å². The molecule has 0 fully saturated rings. The van der Waals surface area contributed by atoms with Gasteiger partial charge in [-0.2, -0.15) is 0 Å². The Morgan fingerprint density at radius 3 is 2.60 bits per heavy atom. The van der Waals surface area contributed by atoms with Crippen LogP contribution in [0.4, 0.5) is 20.2 Å². The van der Waals surface area contributed by atoms with E-state index >= 15 is 0 Å². The molecule has 106 valence electrons. The predicted molar refractivity (Wildman–Crippen MR) is 79.5 cm³/mol. The van der Waals surface area contributed by atoms with E-state index in [1.807, 2.05) is 25.1 Å². The van der Waals surface area contributed by atoms with Crippen LogP contribution in [0, 0.1) is 11.6 Å². The molecular weight excluding hydrogens is 282 g/mol. The van der Waals surface area contributed by atoms with Crippen molar-refractivity contribution in [3.8, 4) is 0 Å². The molecule has 2 aromatic carbocycles. The summed E-state index contributed by atoms with van der Waals surface area (Å²) in [5.41, 5.74) is 1.85. The number of rotatable bonds is 4. The van der Waals surface area contributed by atoms with Crippen molar-refractivity contribution in [2.45, 2.75) is 6.54 Å². The molecule has 0 spiro atoms. The first-order valence-corrected chi connectivity index (χ1v) is 6.50. The molecule has 0 radical (unpaired) electrons. The van der Waals surface area contributed by atoms with Crippen molar-refractivity contribution in [1.29, 1.82) is 0 Å². The molecule has 0 aromatic heterocycles. The van der Waals surface area contributed by atoms with Crippen molar-refractivity contribution < 1.29 is 8.78 Å². The maximum absolute atomic E-state index is 13.6. The summed E-state index contributed by atoms with van der Waals surface area (Å²) in [5.74, 6) is -0.894. The molecule has 0 saturated carbocycles. The number of nitrogens with zero attached hydrogens (tertiary/aromatic N) is 1. The second kappa shape index (κ2) is 6.09. The quantitative estimate of drug-likeness (QED) is 0.905. The van der Waals surface area contributed by atoms with E-state index in [4.69, 9.17) is 11.6 Å². The summed E-state index contributed by atoms with van der Waals surface area (Å²) in [7, 11) is 3.74. The summed E-state index contributed by atoms with van der Waals surface area (Å²) in [5, 5.41) is 3.68. The molecule has 5 heteroatoms. The minimum absolute atomic E-state index is 0.185. The lowest BCUT2D eigenvalue weighted by Gasteiger charge is -2.20. The van der Waals surface area contributed by atoms with Gasteiger partial charge in [-0.25, -0.2) is 8.78 Å². The molecule has 0 amide bonds. The zero-order valence-corrected chi connectivity index (χ0v) is 12.0. The van der Waals surface area contributed by atoms with Crippen LogP contribution in [0.5, 0.6) is 0 Å². The number of nitrogens with one attached hydrogen (secondary N) is 1. The number of anilines is 2. The minimum atomic E-state index is -0.456. The van der Waals surface area contributed by atoms with Crippen LogP contribution in [0.1, 0.15) is 5.56 Å². The highest BCUT2D eigenvalue weighted by molar-refractivity contribution is 6.34. The van der Waals surface area contributed by atoms with Gasteiger partial charge in [0.25, 0.3) is 0 Å². The summed E-state index contributed by atoms with van der Waals surface area (Å²) in [6.45, 7) is 0.185. The lowest BCUT2D eigenvalue weighted by molar-refractivity contribution is 0.587. The summed E-state index contributed by atoms with van der Waals surface area (Å²) < 4.78 is 26.7. The Morgan fingerprint density at radius 2 is 1.90 bits per heavy atom. The van der Waals surface area contributed by atoms with Crippen molar-refractivity contribution in [1.82, 2.24) is 0 Å². The Balaban J connectivity index is 2.23. The molecule has 0 heterocycles. The second-order valence-electron chi connectivity index (χ2n) is 4.62. The molecule has 2 rings (SSSR count). The van der Waals surface area contributed by atoms with Crippen LogP contribution in [-0.4, -0.2) is 14.1 Å². The average molecular weight is 297 g/mol. The average Bonchev–Trinajstić information content (AvgIpc) is 2.39. The van der Waals surface area contributed by atoms with Gasteiger partial charge >= 0.3 is 0 Å². The third-order valence-corrected chi connectivity index (χ3v) is 3.22. The normalized spacial score (nSPS) is 10.4. The van der Waals surface area contributed by atoms with Gasteiger partial charge < -0.3 is 10.2 Å². The lowest BCUT2D eigenvalue weighted by Crippen LogP contribution is -2.13. The monoisotopic (exact) mass is 296 g/mol. The fraction of sp³-hybridized carbons (Fsp3) is 0.200. The fourth-order valence-corrected chi connectivity index (χ4v) is 2.33. The third kappa shape index (κ3) is 3.20. The Hall–Kier alpha value is -1.81.